The van der Waals surface area contributed by atoms with E-state index < -0.39 is 5.97 Å². The molecule has 0 bridgehead atoms. The third-order valence-electron chi connectivity index (χ3n) is 3.39. The molecule has 1 saturated heterocycles. The van der Waals surface area contributed by atoms with E-state index >= 15 is 0 Å². The van der Waals surface area contributed by atoms with E-state index in [1.165, 1.54) is 0 Å². The molecule has 0 saturated carbocycles. The fraction of sp³-hybridized carbons (Fsp3) is 0.857. The summed E-state index contributed by atoms with van der Waals surface area (Å²) in [5, 5.41) is 8.58. The van der Waals surface area contributed by atoms with E-state index in [9.17, 15) is 9.59 Å². The molecule has 0 aromatic heterocycles. The Morgan fingerprint density at radius 2 is 1.95 bits per heavy atom. The van der Waals surface area contributed by atoms with Gasteiger partial charge in [0.2, 0.25) is 0 Å². The van der Waals surface area contributed by atoms with E-state index in [0.717, 1.165) is 6.54 Å². The molecule has 1 aliphatic rings. The highest BCUT2D eigenvalue weighted by Gasteiger charge is 2.26. The Bertz CT molecular complexity index is 325. The van der Waals surface area contributed by atoms with Crippen molar-refractivity contribution in [1.82, 2.24) is 9.80 Å². The molecular weight excluding hydrogens is 260 g/mol. The van der Waals surface area contributed by atoms with Crippen LogP contribution in [0.1, 0.15) is 33.6 Å². The number of nitrogens with zero attached hydrogens (tertiary/aromatic N) is 2. The van der Waals surface area contributed by atoms with E-state index in [1.54, 1.807) is 0 Å². The first-order valence-electron chi connectivity index (χ1n) is 7.31. The van der Waals surface area contributed by atoms with Gasteiger partial charge in [0.05, 0.1) is 6.10 Å². The number of hydrogen-bond donors (Lipinski definition) is 1. The van der Waals surface area contributed by atoms with Crippen molar-refractivity contribution < 1.29 is 19.4 Å². The van der Waals surface area contributed by atoms with Gasteiger partial charge < -0.3 is 19.6 Å². The van der Waals surface area contributed by atoms with Gasteiger partial charge in [0, 0.05) is 26.2 Å². The molecule has 0 aliphatic carbocycles. The predicted molar refractivity (Wildman–Crippen MR) is 75.7 cm³/mol. The van der Waals surface area contributed by atoms with Crippen molar-refractivity contribution in [2.24, 2.45) is 5.92 Å². The van der Waals surface area contributed by atoms with Crippen LogP contribution < -0.4 is 0 Å². The summed E-state index contributed by atoms with van der Waals surface area (Å²) in [7, 11) is 0. The fourth-order valence-corrected chi connectivity index (χ4v) is 2.39. The summed E-state index contributed by atoms with van der Waals surface area (Å²) in [4.78, 5) is 26.5. The summed E-state index contributed by atoms with van der Waals surface area (Å²) in [5.74, 6) is -0.493. The number of ether oxygens (including phenoxy) is 1. The number of carboxylic acids is 1. The Labute approximate surface area is 120 Å². The second-order valence-electron chi connectivity index (χ2n) is 5.61. The van der Waals surface area contributed by atoms with Crippen molar-refractivity contribution in [1.29, 1.82) is 0 Å². The first kappa shape index (κ1) is 16.8. The van der Waals surface area contributed by atoms with Gasteiger partial charge in [-0.2, -0.15) is 0 Å². The van der Waals surface area contributed by atoms with Crippen molar-refractivity contribution >= 4 is 12.0 Å². The smallest absolute Gasteiger partial charge is 0.329 e. The monoisotopic (exact) mass is 286 g/mol. The molecule has 1 aliphatic heterocycles. The topological polar surface area (TPSA) is 70.1 Å². The molecule has 1 fully saturated rings. The standard InChI is InChI=1S/C14H26N2O4/c1-4-15(9-11(2)3)14(19)16-7-5-12(6-8-16)20-10-13(17)18/h11-12H,4-10H2,1-3H3,(H,17,18). The molecule has 1 N–H and O–H groups in total. The normalized spacial score (nSPS) is 16.5. The lowest BCUT2D eigenvalue weighted by Crippen LogP contribution is -2.48. The summed E-state index contributed by atoms with van der Waals surface area (Å²) in [6, 6.07) is 0.0814. The number of aliphatic carboxylic acids is 1. The highest BCUT2D eigenvalue weighted by Crippen LogP contribution is 2.15. The Balaban J connectivity index is 2.39. The maximum atomic E-state index is 12.4. The maximum absolute atomic E-state index is 12.4. The molecule has 2 amide bonds. The predicted octanol–water partition coefficient (Wildman–Crippen LogP) is 1.65. The van der Waals surface area contributed by atoms with Crippen molar-refractivity contribution in [3.05, 3.63) is 0 Å². The number of carbonyl (C=O) groups is 2. The van der Waals surface area contributed by atoms with Gasteiger partial charge in [-0.3, -0.25) is 0 Å². The van der Waals surface area contributed by atoms with Gasteiger partial charge in [0.15, 0.2) is 0 Å². The molecule has 0 aromatic carbocycles. The molecule has 0 atom stereocenters. The van der Waals surface area contributed by atoms with Crippen LogP contribution in [-0.4, -0.2) is 65.8 Å². The average Bonchev–Trinajstić information content (AvgIpc) is 2.42. The molecule has 116 valence electrons. The fourth-order valence-electron chi connectivity index (χ4n) is 2.39. The summed E-state index contributed by atoms with van der Waals surface area (Å²) >= 11 is 0. The second-order valence-corrected chi connectivity index (χ2v) is 5.61. The Kier molecular flexibility index (Phi) is 6.78. The van der Waals surface area contributed by atoms with Crippen molar-refractivity contribution in [3.8, 4) is 0 Å². The van der Waals surface area contributed by atoms with E-state index in [1.807, 2.05) is 16.7 Å². The molecule has 0 spiro atoms. The van der Waals surface area contributed by atoms with Crippen LogP contribution >= 0.6 is 0 Å². The molecule has 6 nitrogen and oxygen atoms in total. The molecule has 0 aromatic rings. The van der Waals surface area contributed by atoms with Crippen molar-refractivity contribution in [2.75, 3.05) is 32.8 Å². The first-order chi connectivity index (χ1) is 9.43. The number of piperidine rings is 1. The van der Waals surface area contributed by atoms with Crippen LogP contribution in [0.15, 0.2) is 0 Å². The van der Waals surface area contributed by atoms with Gasteiger partial charge in [0.1, 0.15) is 6.61 Å². The molecule has 6 heteroatoms. The summed E-state index contributed by atoms with van der Waals surface area (Å²) < 4.78 is 5.27. The zero-order valence-corrected chi connectivity index (χ0v) is 12.7. The van der Waals surface area contributed by atoms with Crippen LogP contribution in [0.2, 0.25) is 0 Å². The molecular formula is C14H26N2O4. The van der Waals surface area contributed by atoms with E-state index in [0.29, 0.717) is 38.4 Å². The Morgan fingerprint density at radius 3 is 2.40 bits per heavy atom. The zero-order chi connectivity index (χ0) is 15.1. The lowest BCUT2D eigenvalue weighted by atomic mass is 10.1. The SMILES string of the molecule is CCN(CC(C)C)C(=O)N1CCC(OCC(=O)O)CC1. The summed E-state index contributed by atoms with van der Waals surface area (Å²) in [5.41, 5.74) is 0. The first-order valence-corrected chi connectivity index (χ1v) is 7.31. The number of rotatable bonds is 6. The Morgan fingerprint density at radius 1 is 1.35 bits per heavy atom. The summed E-state index contributed by atoms with van der Waals surface area (Å²) in [6.07, 6.45) is 1.37. The number of urea groups is 1. The molecule has 20 heavy (non-hydrogen) atoms. The van der Waals surface area contributed by atoms with Crippen LogP contribution in [0.4, 0.5) is 4.79 Å². The minimum atomic E-state index is -0.947. The number of hydrogen-bond acceptors (Lipinski definition) is 3. The van der Waals surface area contributed by atoms with E-state index in [4.69, 9.17) is 9.84 Å². The minimum Gasteiger partial charge on any atom is -0.480 e. The highest BCUT2D eigenvalue weighted by atomic mass is 16.5. The quantitative estimate of drug-likeness (QED) is 0.806. The van der Waals surface area contributed by atoms with Crippen molar-refractivity contribution in [3.63, 3.8) is 0 Å². The molecule has 0 radical (unpaired) electrons. The zero-order valence-electron chi connectivity index (χ0n) is 12.7. The Hall–Kier alpha value is -1.30. The third-order valence-corrected chi connectivity index (χ3v) is 3.39. The second kappa shape index (κ2) is 8.09. The average molecular weight is 286 g/mol. The van der Waals surface area contributed by atoms with Crippen molar-refractivity contribution in [2.45, 2.75) is 39.7 Å². The lowest BCUT2D eigenvalue weighted by molar-refractivity contribution is -0.145. The largest absolute Gasteiger partial charge is 0.480 e. The number of carbonyl (C=O) groups excluding carboxylic acids is 1. The molecule has 1 heterocycles. The van der Waals surface area contributed by atoms with Gasteiger partial charge in [-0.1, -0.05) is 13.8 Å². The van der Waals surface area contributed by atoms with E-state index in [-0.39, 0.29) is 18.7 Å². The lowest BCUT2D eigenvalue weighted by Gasteiger charge is -2.35. The molecule has 0 unspecified atom stereocenters. The number of carboxylic acid groups (broad SMARTS) is 1. The van der Waals surface area contributed by atoms with Crippen LogP contribution in [0.25, 0.3) is 0 Å². The van der Waals surface area contributed by atoms with Crippen LogP contribution in [0.5, 0.6) is 0 Å². The highest BCUT2D eigenvalue weighted by molar-refractivity contribution is 5.74. The van der Waals surface area contributed by atoms with Crippen LogP contribution in [0.3, 0.4) is 0 Å². The van der Waals surface area contributed by atoms with Gasteiger partial charge in [-0.15, -0.1) is 0 Å². The van der Waals surface area contributed by atoms with Gasteiger partial charge in [-0.05, 0) is 25.7 Å². The summed E-state index contributed by atoms with van der Waals surface area (Å²) in [6.45, 7) is 8.69. The van der Waals surface area contributed by atoms with Crippen LogP contribution in [-0.2, 0) is 9.53 Å². The van der Waals surface area contributed by atoms with Gasteiger partial charge in [0.25, 0.3) is 0 Å². The number of likely N-dealkylation sites (tertiary alicyclic amines) is 1. The van der Waals surface area contributed by atoms with E-state index in [2.05, 4.69) is 13.8 Å². The van der Waals surface area contributed by atoms with Gasteiger partial charge >= 0.3 is 12.0 Å². The minimum absolute atomic E-state index is 0.0460. The molecule has 1 rings (SSSR count). The van der Waals surface area contributed by atoms with Crippen LogP contribution in [0, 0.1) is 5.92 Å². The number of amides is 2. The maximum Gasteiger partial charge on any atom is 0.329 e. The third kappa shape index (κ3) is 5.36. The van der Waals surface area contributed by atoms with Gasteiger partial charge in [-0.25, -0.2) is 9.59 Å².